The maximum Gasteiger partial charge on any atom is 0.255 e. The molecule has 1 aromatic heterocycles. The Morgan fingerprint density at radius 3 is 2.76 bits per heavy atom. The third kappa shape index (κ3) is 4.12. The summed E-state index contributed by atoms with van der Waals surface area (Å²) in [6, 6.07) is 0. The largest absolute Gasteiger partial charge is 0.310 e. The Kier molecular flexibility index (Phi) is 5.01. The van der Waals surface area contributed by atoms with Crippen molar-refractivity contribution in [2.24, 2.45) is 5.92 Å². The Morgan fingerprint density at radius 1 is 1.40 bits per heavy atom. The smallest absolute Gasteiger partial charge is 0.255 e. The summed E-state index contributed by atoms with van der Waals surface area (Å²) in [6.45, 7) is 15.1. The second-order valence-corrected chi connectivity index (χ2v) is 8.73. The fraction of sp³-hybridized carbons (Fsp3) is 0.619. The van der Waals surface area contributed by atoms with Crippen LogP contribution in [0, 0.1) is 5.92 Å². The molecule has 0 fully saturated rings. The molecule has 4 nitrogen and oxygen atoms in total. The van der Waals surface area contributed by atoms with E-state index in [-0.39, 0.29) is 11.0 Å². The number of hydrogen-bond acceptors (Lipinski definition) is 3. The number of aromatic nitrogens is 2. The summed E-state index contributed by atoms with van der Waals surface area (Å²) in [5.74, 6) is 1.44. The first-order valence-electron chi connectivity index (χ1n) is 9.42. The Hall–Kier alpha value is -1.68. The van der Waals surface area contributed by atoms with Gasteiger partial charge in [0.2, 0.25) is 0 Å². The summed E-state index contributed by atoms with van der Waals surface area (Å²) >= 11 is 0. The first-order chi connectivity index (χ1) is 11.7. The zero-order chi connectivity index (χ0) is 18.2. The summed E-state index contributed by atoms with van der Waals surface area (Å²) in [6.07, 6.45) is 6.74. The van der Waals surface area contributed by atoms with Crippen LogP contribution in [-0.4, -0.2) is 28.0 Å². The monoisotopic (exact) mass is 341 g/mol. The van der Waals surface area contributed by atoms with Crippen molar-refractivity contribution in [3.63, 3.8) is 0 Å². The van der Waals surface area contributed by atoms with Crippen molar-refractivity contribution in [2.45, 2.75) is 65.3 Å². The molecule has 0 saturated carbocycles. The minimum absolute atomic E-state index is 0.0413. The van der Waals surface area contributed by atoms with E-state index in [1.807, 2.05) is 0 Å². The predicted molar refractivity (Wildman–Crippen MR) is 103 cm³/mol. The van der Waals surface area contributed by atoms with Gasteiger partial charge in [-0.05, 0) is 32.1 Å². The predicted octanol–water partition coefficient (Wildman–Crippen LogP) is 3.73. The number of hydrogen-bond donors (Lipinski definition) is 1. The standard InChI is InChI=1S/C21H31N3O/c1-14(2)16-8-6-15(7-9-16)12-24-11-10-18-17(13-24)19(25)23-20(22-18)21(3,4)5/h6,16H,1,7-13H2,2-5H3,(H,22,23,25). The molecule has 2 heterocycles. The molecule has 25 heavy (non-hydrogen) atoms. The van der Waals surface area contributed by atoms with Gasteiger partial charge >= 0.3 is 0 Å². The Morgan fingerprint density at radius 2 is 2.16 bits per heavy atom. The molecule has 0 bridgehead atoms. The molecule has 0 saturated heterocycles. The number of allylic oxidation sites excluding steroid dienone is 2. The quantitative estimate of drug-likeness (QED) is 0.852. The van der Waals surface area contributed by atoms with Gasteiger partial charge < -0.3 is 4.98 Å². The van der Waals surface area contributed by atoms with Crippen molar-refractivity contribution in [2.75, 3.05) is 13.1 Å². The molecule has 1 N–H and O–H groups in total. The maximum atomic E-state index is 12.5. The first kappa shape index (κ1) is 18.1. The lowest BCUT2D eigenvalue weighted by Crippen LogP contribution is -2.38. The van der Waals surface area contributed by atoms with Crippen LogP contribution in [0.2, 0.25) is 0 Å². The van der Waals surface area contributed by atoms with E-state index in [1.165, 1.54) is 17.6 Å². The van der Waals surface area contributed by atoms with Gasteiger partial charge in [0.15, 0.2) is 0 Å². The fourth-order valence-corrected chi connectivity index (χ4v) is 3.74. The van der Waals surface area contributed by atoms with Crippen LogP contribution in [0.3, 0.4) is 0 Å². The molecule has 3 rings (SSSR count). The highest BCUT2D eigenvalue weighted by atomic mass is 16.1. The molecule has 1 aliphatic carbocycles. The third-order valence-electron chi connectivity index (χ3n) is 5.49. The Balaban J connectivity index is 1.70. The molecule has 0 spiro atoms. The number of aromatic amines is 1. The molecule has 1 aliphatic heterocycles. The lowest BCUT2D eigenvalue weighted by atomic mass is 9.85. The van der Waals surface area contributed by atoms with Crippen molar-refractivity contribution < 1.29 is 0 Å². The van der Waals surface area contributed by atoms with Gasteiger partial charge in [-0.2, -0.15) is 0 Å². The summed E-state index contributed by atoms with van der Waals surface area (Å²) < 4.78 is 0. The van der Waals surface area contributed by atoms with Crippen LogP contribution in [-0.2, 0) is 18.4 Å². The summed E-state index contributed by atoms with van der Waals surface area (Å²) in [5, 5.41) is 0. The van der Waals surface area contributed by atoms with Gasteiger partial charge in [-0.15, -0.1) is 0 Å². The van der Waals surface area contributed by atoms with E-state index in [2.05, 4.69) is 50.2 Å². The van der Waals surface area contributed by atoms with E-state index < -0.39 is 0 Å². The number of nitrogens with zero attached hydrogens (tertiary/aromatic N) is 2. The molecular weight excluding hydrogens is 310 g/mol. The van der Waals surface area contributed by atoms with Crippen molar-refractivity contribution in [3.05, 3.63) is 51.2 Å². The van der Waals surface area contributed by atoms with E-state index in [0.29, 0.717) is 12.5 Å². The van der Waals surface area contributed by atoms with E-state index in [4.69, 9.17) is 4.98 Å². The van der Waals surface area contributed by atoms with Gasteiger partial charge in [0.25, 0.3) is 5.56 Å². The average molecular weight is 341 g/mol. The molecule has 1 aromatic rings. The molecule has 2 aliphatic rings. The molecule has 0 amide bonds. The number of nitrogens with one attached hydrogen (secondary N) is 1. The van der Waals surface area contributed by atoms with Crippen molar-refractivity contribution in [3.8, 4) is 0 Å². The minimum Gasteiger partial charge on any atom is -0.310 e. The molecular formula is C21H31N3O. The molecule has 0 aromatic carbocycles. The van der Waals surface area contributed by atoms with E-state index in [0.717, 1.165) is 49.4 Å². The summed E-state index contributed by atoms with van der Waals surface area (Å²) in [5.41, 5.74) is 4.57. The molecule has 0 radical (unpaired) electrons. The molecule has 1 atom stereocenters. The van der Waals surface area contributed by atoms with Crippen LogP contribution in [0.5, 0.6) is 0 Å². The Labute approximate surface area is 151 Å². The zero-order valence-corrected chi connectivity index (χ0v) is 16.1. The molecule has 136 valence electrons. The SMILES string of the molecule is C=C(C)C1CC=C(CN2CCc3nc(C(C)(C)C)[nH]c(=O)c3C2)CC1. The number of rotatable bonds is 3. The van der Waals surface area contributed by atoms with Crippen LogP contribution >= 0.6 is 0 Å². The second kappa shape index (κ2) is 6.91. The van der Waals surface area contributed by atoms with E-state index in [9.17, 15) is 4.79 Å². The number of fused-ring (bicyclic) bond motifs is 1. The van der Waals surface area contributed by atoms with Crippen LogP contribution in [0.4, 0.5) is 0 Å². The number of H-pyrrole nitrogens is 1. The van der Waals surface area contributed by atoms with Gasteiger partial charge in [-0.3, -0.25) is 9.69 Å². The summed E-state index contributed by atoms with van der Waals surface area (Å²) in [7, 11) is 0. The van der Waals surface area contributed by atoms with Crippen molar-refractivity contribution >= 4 is 0 Å². The molecule has 1 unspecified atom stereocenters. The van der Waals surface area contributed by atoms with Crippen LogP contribution in [0.15, 0.2) is 28.6 Å². The Bertz CT molecular complexity index is 751. The van der Waals surface area contributed by atoms with Gasteiger partial charge in [0.1, 0.15) is 5.82 Å². The van der Waals surface area contributed by atoms with Gasteiger partial charge in [-0.1, -0.05) is 44.6 Å². The highest BCUT2D eigenvalue weighted by Crippen LogP contribution is 2.29. The third-order valence-corrected chi connectivity index (χ3v) is 5.49. The second-order valence-electron chi connectivity index (χ2n) is 8.73. The normalized spacial score (nSPS) is 21.6. The fourth-order valence-electron chi connectivity index (χ4n) is 3.74. The topological polar surface area (TPSA) is 49.0 Å². The average Bonchev–Trinajstić information content (AvgIpc) is 2.55. The van der Waals surface area contributed by atoms with E-state index in [1.54, 1.807) is 0 Å². The highest BCUT2D eigenvalue weighted by molar-refractivity contribution is 5.23. The highest BCUT2D eigenvalue weighted by Gasteiger charge is 2.25. The van der Waals surface area contributed by atoms with Crippen LogP contribution in [0.1, 0.15) is 64.0 Å². The van der Waals surface area contributed by atoms with E-state index >= 15 is 0 Å². The minimum atomic E-state index is -0.127. The van der Waals surface area contributed by atoms with Crippen LogP contribution in [0.25, 0.3) is 0 Å². The van der Waals surface area contributed by atoms with Crippen molar-refractivity contribution in [1.82, 2.24) is 14.9 Å². The molecule has 4 heteroatoms. The van der Waals surface area contributed by atoms with Crippen LogP contribution < -0.4 is 5.56 Å². The first-order valence-corrected chi connectivity index (χ1v) is 9.42. The zero-order valence-electron chi connectivity index (χ0n) is 16.1. The summed E-state index contributed by atoms with van der Waals surface area (Å²) in [4.78, 5) is 22.7. The van der Waals surface area contributed by atoms with Gasteiger partial charge in [0.05, 0.1) is 11.3 Å². The van der Waals surface area contributed by atoms with Crippen molar-refractivity contribution in [1.29, 1.82) is 0 Å². The maximum absolute atomic E-state index is 12.5. The van der Waals surface area contributed by atoms with Gasteiger partial charge in [-0.25, -0.2) is 4.98 Å². The van der Waals surface area contributed by atoms with Gasteiger partial charge in [0, 0.05) is 31.5 Å². The lowest BCUT2D eigenvalue weighted by molar-refractivity contribution is 0.265. The lowest BCUT2D eigenvalue weighted by Gasteiger charge is -2.31.